The summed E-state index contributed by atoms with van der Waals surface area (Å²) in [5, 5.41) is 15.4. The van der Waals surface area contributed by atoms with Crippen molar-refractivity contribution in [2.75, 3.05) is 18.0 Å². The highest BCUT2D eigenvalue weighted by atomic mass is 32.2. The van der Waals surface area contributed by atoms with Gasteiger partial charge in [-0.15, -0.1) is 0 Å². The molecule has 0 spiro atoms. The number of nitro benzene ring substituents is 1. The van der Waals surface area contributed by atoms with Crippen molar-refractivity contribution < 1.29 is 22.9 Å². The number of hydrogen-bond donors (Lipinski definition) is 1. The smallest absolute Gasteiger partial charge is 0.273 e. The van der Waals surface area contributed by atoms with Crippen LogP contribution in [0.5, 0.6) is 5.75 Å². The van der Waals surface area contributed by atoms with Crippen LogP contribution in [-0.4, -0.2) is 38.6 Å². The van der Waals surface area contributed by atoms with Crippen molar-refractivity contribution in [2.24, 2.45) is 5.10 Å². The normalized spacial score (nSPS) is 11.6. The highest BCUT2D eigenvalue weighted by molar-refractivity contribution is 7.92. The molecule has 35 heavy (non-hydrogen) atoms. The Balaban J connectivity index is 1.95. The summed E-state index contributed by atoms with van der Waals surface area (Å²) in [6.45, 7) is 2.61. The van der Waals surface area contributed by atoms with Crippen molar-refractivity contribution in [1.82, 2.24) is 5.43 Å². The van der Waals surface area contributed by atoms with E-state index in [1.54, 1.807) is 19.1 Å². The minimum absolute atomic E-state index is 0.174. The molecule has 0 saturated carbocycles. The molecule has 11 heteroatoms. The largest absolute Gasteiger partial charge is 0.497 e. The van der Waals surface area contributed by atoms with Gasteiger partial charge in [-0.2, -0.15) is 5.10 Å². The summed E-state index contributed by atoms with van der Waals surface area (Å²) in [7, 11) is -2.89. The molecule has 3 aromatic rings. The Morgan fingerprint density at radius 1 is 1.09 bits per heavy atom. The molecule has 0 fully saturated rings. The number of carbonyl (C=O) groups is 1. The van der Waals surface area contributed by atoms with Gasteiger partial charge in [-0.3, -0.25) is 19.2 Å². The Morgan fingerprint density at radius 3 is 2.34 bits per heavy atom. The number of sulfonamides is 1. The van der Waals surface area contributed by atoms with Crippen molar-refractivity contribution in [3.8, 4) is 5.75 Å². The van der Waals surface area contributed by atoms with Gasteiger partial charge >= 0.3 is 0 Å². The third-order valence-electron chi connectivity index (χ3n) is 5.15. The zero-order valence-electron chi connectivity index (χ0n) is 19.3. The second-order valence-corrected chi connectivity index (χ2v) is 9.38. The molecule has 0 bridgehead atoms. The highest BCUT2D eigenvalue weighted by Gasteiger charge is 2.29. The van der Waals surface area contributed by atoms with Gasteiger partial charge in [0.25, 0.3) is 21.6 Å². The maximum atomic E-state index is 13.5. The molecule has 182 valence electrons. The number of amides is 1. The molecule has 0 saturated heterocycles. The van der Waals surface area contributed by atoms with Crippen molar-refractivity contribution in [2.45, 2.75) is 18.7 Å². The van der Waals surface area contributed by atoms with Crippen LogP contribution in [-0.2, 0) is 14.8 Å². The van der Waals surface area contributed by atoms with Gasteiger partial charge in [0.2, 0.25) is 0 Å². The lowest BCUT2D eigenvalue weighted by molar-refractivity contribution is -0.385. The van der Waals surface area contributed by atoms with Crippen LogP contribution in [0, 0.1) is 17.0 Å². The highest BCUT2D eigenvalue weighted by Crippen LogP contribution is 2.29. The number of nitrogens with one attached hydrogen (secondary N) is 1. The van der Waals surface area contributed by atoms with Crippen LogP contribution >= 0.6 is 0 Å². The number of methoxy groups -OCH3 is 1. The topological polar surface area (TPSA) is 131 Å². The number of ether oxygens (including phenoxy) is 1. The average Bonchev–Trinajstić information content (AvgIpc) is 2.86. The van der Waals surface area contributed by atoms with E-state index in [1.165, 1.54) is 38.3 Å². The molecule has 1 amide bonds. The first-order valence-electron chi connectivity index (χ1n) is 10.4. The van der Waals surface area contributed by atoms with Crippen LogP contribution < -0.4 is 14.5 Å². The van der Waals surface area contributed by atoms with Crippen molar-refractivity contribution in [3.63, 3.8) is 0 Å². The van der Waals surface area contributed by atoms with Crippen LogP contribution in [0.4, 0.5) is 11.4 Å². The minimum atomic E-state index is -4.35. The summed E-state index contributed by atoms with van der Waals surface area (Å²) in [5.41, 5.74) is 3.85. The van der Waals surface area contributed by atoms with E-state index in [2.05, 4.69) is 10.5 Å². The molecular weight excluding hydrogens is 472 g/mol. The fourth-order valence-electron chi connectivity index (χ4n) is 3.19. The summed E-state index contributed by atoms with van der Waals surface area (Å²) >= 11 is 0. The molecule has 0 unspecified atom stereocenters. The first kappa shape index (κ1) is 25.4. The number of hydrazone groups is 1. The first-order chi connectivity index (χ1) is 16.6. The lowest BCUT2D eigenvalue weighted by Gasteiger charge is -2.24. The number of rotatable bonds is 9. The summed E-state index contributed by atoms with van der Waals surface area (Å²) in [6.07, 6.45) is 0. The number of anilines is 1. The van der Waals surface area contributed by atoms with Gasteiger partial charge in [0, 0.05) is 11.6 Å². The maximum Gasteiger partial charge on any atom is 0.273 e. The average molecular weight is 497 g/mol. The molecule has 3 aromatic carbocycles. The predicted molar refractivity (Wildman–Crippen MR) is 132 cm³/mol. The van der Waals surface area contributed by atoms with E-state index in [4.69, 9.17) is 4.74 Å². The number of carbonyl (C=O) groups excluding carboxylic acids is 1. The standard InChI is InChI=1S/C24H24N4O6S/c1-17-9-14-22(15-23(17)28(30)31)35(32,33)27(20-10-12-21(34-3)13-11-20)16-24(29)26-25-18(2)19-7-5-4-6-8-19/h4-15H,16H2,1-3H3,(H,26,29)/b25-18-. The first-order valence-corrected chi connectivity index (χ1v) is 11.9. The van der Waals surface area contributed by atoms with E-state index in [-0.39, 0.29) is 16.3 Å². The number of benzene rings is 3. The van der Waals surface area contributed by atoms with Crippen LogP contribution in [0.3, 0.4) is 0 Å². The Hall–Kier alpha value is -4.25. The molecule has 0 radical (unpaired) electrons. The molecule has 0 atom stereocenters. The Morgan fingerprint density at radius 2 is 1.74 bits per heavy atom. The summed E-state index contributed by atoms with van der Waals surface area (Å²) < 4.78 is 33.0. The molecule has 0 aliphatic heterocycles. The zero-order valence-corrected chi connectivity index (χ0v) is 20.2. The van der Waals surface area contributed by atoms with Crippen LogP contribution in [0.25, 0.3) is 0 Å². The van der Waals surface area contributed by atoms with Gasteiger partial charge < -0.3 is 4.74 Å². The van der Waals surface area contributed by atoms with Gasteiger partial charge in [-0.25, -0.2) is 13.8 Å². The Labute approximate surface area is 203 Å². The second-order valence-electron chi connectivity index (χ2n) is 7.51. The van der Waals surface area contributed by atoms with Crippen molar-refractivity contribution in [1.29, 1.82) is 0 Å². The fourth-order valence-corrected chi connectivity index (χ4v) is 4.63. The number of hydrogen-bond acceptors (Lipinski definition) is 7. The van der Waals surface area contributed by atoms with Gasteiger partial charge in [0.05, 0.1) is 28.3 Å². The van der Waals surface area contributed by atoms with Gasteiger partial charge in [0.15, 0.2) is 0 Å². The second kappa shape index (κ2) is 10.8. The lowest BCUT2D eigenvalue weighted by atomic mass is 10.1. The predicted octanol–water partition coefficient (Wildman–Crippen LogP) is 3.65. The molecular formula is C24H24N4O6S. The van der Waals surface area contributed by atoms with E-state index in [9.17, 15) is 23.3 Å². The van der Waals surface area contributed by atoms with Gasteiger partial charge in [0.1, 0.15) is 12.3 Å². The van der Waals surface area contributed by atoms with Gasteiger partial charge in [-0.1, -0.05) is 36.4 Å². The van der Waals surface area contributed by atoms with E-state index in [1.807, 2.05) is 30.3 Å². The summed E-state index contributed by atoms with van der Waals surface area (Å²) in [4.78, 5) is 23.1. The monoisotopic (exact) mass is 496 g/mol. The number of nitro groups is 1. The molecule has 0 aromatic heterocycles. The van der Waals surface area contributed by atoms with Crippen LogP contribution in [0.15, 0.2) is 82.8 Å². The van der Waals surface area contributed by atoms with Crippen LogP contribution in [0.1, 0.15) is 18.1 Å². The zero-order chi connectivity index (χ0) is 25.6. The molecule has 0 aliphatic rings. The quantitative estimate of drug-likeness (QED) is 0.273. The molecule has 3 rings (SSSR count). The fraction of sp³-hybridized carbons (Fsp3) is 0.167. The van der Waals surface area contributed by atoms with E-state index < -0.39 is 27.4 Å². The molecule has 0 aliphatic carbocycles. The number of aryl methyl sites for hydroxylation is 1. The Bertz CT molecular complexity index is 1360. The third kappa shape index (κ3) is 6.01. The summed E-state index contributed by atoms with van der Waals surface area (Å²) in [6, 6.07) is 18.8. The van der Waals surface area contributed by atoms with Crippen molar-refractivity contribution in [3.05, 3.63) is 94.0 Å². The molecule has 0 heterocycles. The third-order valence-corrected chi connectivity index (χ3v) is 6.92. The number of nitrogens with zero attached hydrogens (tertiary/aromatic N) is 3. The minimum Gasteiger partial charge on any atom is -0.497 e. The van der Waals surface area contributed by atoms with Crippen LogP contribution in [0.2, 0.25) is 0 Å². The van der Waals surface area contributed by atoms with Crippen molar-refractivity contribution >= 4 is 33.0 Å². The lowest BCUT2D eigenvalue weighted by Crippen LogP contribution is -2.39. The van der Waals surface area contributed by atoms with E-state index >= 15 is 0 Å². The maximum absolute atomic E-state index is 13.5. The van der Waals surface area contributed by atoms with Gasteiger partial charge in [-0.05, 0) is 49.7 Å². The molecule has 1 N–H and O–H groups in total. The Kier molecular flexibility index (Phi) is 7.82. The van der Waals surface area contributed by atoms with E-state index in [0.717, 1.165) is 15.9 Å². The SMILES string of the molecule is COc1ccc(N(CC(=O)N/N=C(/C)c2ccccc2)S(=O)(=O)c2ccc(C)c([N+](=O)[O-])c2)cc1. The molecule has 10 nitrogen and oxygen atoms in total. The summed E-state index contributed by atoms with van der Waals surface area (Å²) in [5.74, 6) is -0.203. The van der Waals surface area contributed by atoms with E-state index in [0.29, 0.717) is 17.0 Å².